The number of hydrogen-bond acceptors (Lipinski definition) is 1. The Hall–Kier alpha value is -0.981. The fourth-order valence-electron chi connectivity index (χ4n) is 2.64. The van der Waals surface area contributed by atoms with Crippen LogP contribution in [0.4, 0.5) is 5.69 Å². The Morgan fingerprint density at radius 3 is 2.57 bits per heavy atom. The van der Waals surface area contributed by atoms with Gasteiger partial charge in [-0.1, -0.05) is 31.0 Å². The summed E-state index contributed by atoms with van der Waals surface area (Å²) in [7, 11) is 4.20. The van der Waals surface area contributed by atoms with E-state index in [0.29, 0.717) is 10.8 Å². The van der Waals surface area contributed by atoms with E-state index in [2.05, 4.69) is 58.2 Å². The normalized spacial score (nSPS) is 19.3. The molecular formula is C15H19ClCuN4OS+2. The number of carbonyl (C=O) groups excluding carboxylic acids is 1. The summed E-state index contributed by atoms with van der Waals surface area (Å²) in [6, 6.07) is 7.62. The number of hydrogen-bond donors (Lipinski definition) is 1. The quantitative estimate of drug-likeness (QED) is 0.254. The van der Waals surface area contributed by atoms with Crippen molar-refractivity contribution >= 4 is 44.7 Å². The molecule has 0 saturated carbocycles. The van der Waals surface area contributed by atoms with Crippen molar-refractivity contribution < 1.29 is 19.9 Å². The Kier molecular flexibility index (Phi) is 7.46. The van der Waals surface area contributed by atoms with E-state index in [-0.39, 0.29) is 5.91 Å². The molecule has 2 aliphatic heterocycles. The van der Waals surface area contributed by atoms with Crippen molar-refractivity contribution in [3.63, 3.8) is 0 Å². The molecule has 23 heavy (non-hydrogen) atoms. The minimum absolute atomic E-state index is 0.0388. The number of likely N-dealkylation sites (tertiary alicyclic amines) is 1. The maximum Gasteiger partial charge on any atom is 0.443 e. The third-order valence-electron chi connectivity index (χ3n) is 3.79. The predicted octanol–water partition coefficient (Wildman–Crippen LogP) is 2.62. The molecule has 2 heterocycles. The third-order valence-corrected chi connectivity index (χ3v) is 4.16. The van der Waals surface area contributed by atoms with Crippen LogP contribution in [0.5, 0.6) is 0 Å². The van der Waals surface area contributed by atoms with Gasteiger partial charge in [-0.3, -0.25) is 10.1 Å². The number of benzene rings is 1. The molecule has 1 amide bonds. The number of fused-ring (bicyclic) bond motifs is 1. The molecule has 0 bridgehead atoms. The van der Waals surface area contributed by atoms with E-state index in [9.17, 15) is 4.79 Å². The molecular weight excluding hydrogens is 383 g/mol. The summed E-state index contributed by atoms with van der Waals surface area (Å²) < 4.78 is 0. The first kappa shape index (κ1) is 18.4. The molecule has 0 unspecified atom stereocenters. The average Bonchev–Trinajstić information content (AvgIpc) is 2.76. The third kappa shape index (κ3) is 4.75. The van der Waals surface area contributed by atoms with Gasteiger partial charge in [0.1, 0.15) is 0 Å². The Bertz CT molecular complexity index is 603. The molecule has 1 aromatic carbocycles. The number of nitrogens with zero attached hydrogens (tertiary/aromatic N) is 3. The van der Waals surface area contributed by atoms with Gasteiger partial charge in [0.25, 0.3) is 0 Å². The fraction of sp³-hybridized carbons (Fsp3) is 0.400. The molecule has 8 heteroatoms. The van der Waals surface area contributed by atoms with Crippen molar-refractivity contribution in [2.45, 2.75) is 25.7 Å². The number of nitrogens with one attached hydrogen (secondary N) is 1. The Labute approximate surface area is 153 Å². The van der Waals surface area contributed by atoms with Gasteiger partial charge in [-0.25, -0.2) is 4.90 Å². The van der Waals surface area contributed by atoms with Crippen molar-refractivity contribution in [1.82, 2.24) is 4.90 Å². The number of anilines is 1. The van der Waals surface area contributed by atoms with E-state index in [1.165, 1.54) is 12.8 Å². The monoisotopic (exact) mass is 401 g/mol. The Morgan fingerprint density at radius 1 is 1.22 bits per heavy atom. The number of halogens is 1. The van der Waals surface area contributed by atoms with Crippen LogP contribution in [0.15, 0.2) is 29.4 Å². The van der Waals surface area contributed by atoms with Gasteiger partial charge in [0.15, 0.2) is 23.0 Å². The number of rotatable bonds is 1. The second-order valence-electron chi connectivity index (χ2n) is 5.27. The van der Waals surface area contributed by atoms with Crippen LogP contribution in [0, 0.1) is 0 Å². The predicted molar refractivity (Wildman–Crippen MR) is 96.6 cm³/mol. The van der Waals surface area contributed by atoms with E-state index < -0.39 is 0 Å². The van der Waals surface area contributed by atoms with Gasteiger partial charge >= 0.3 is 31.1 Å². The zero-order chi connectivity index (χ0) is 16.7. The smallest absolute Gasteiger partial charge is 0.443 e. The number of para-hydroxylation sites is 1. The molecule has 3 rings (SSSR count). The molecule has 1 fully saturated rings. The minimum Gasteiger partial charge on any atom is -0.514 e. The van der Waals surface area contributed by atoms with Crippen LogP contribution < -0.4 is 5.32 Å². The van der Waals surface area contributed by atoms with Gasteiger partial charge in [-0.15, -0.1) is 0 Å². The Morgan fingerprint density at radius 2 is 1.87 bits per heavy atom. The molecule has 0 aliphatic carbocycles. The van der Waals surface area contributed by atoms with E-state index in [1.807, 2.05) is 24.3 Å². The van der Waals surface area contributed by atoms with E-state index in [1.54, 1.807) is 0 Å². The van der Waals surface area contributed by atoms with Gasteiger partial charge in [-0.05, 0) is 18.9 Å². The summed E-state index contributed by atoms with van der Waals surface area (Å²) >= 11 is 8.11. The fourth-order valence-corrected chi connectivity index (χ4v) is 2.89. The number of amides is 1. The van der Waals surface area contributed by atoms with E-state index in [0.717, 1.165) is 37.2 Å². The molecule has 0 spiro atoms. The molecule has 1 saturated heterocycles. The van der Waals surface area contributed by atoms with Crippen LogP contribution in [0.3, 0.4) is 0 Å². The molecule has 5 nitrogen and oxygen atoms in total. The summed E-state index contributed by atoms with van der Waals surface area (Å²) in [6.07, 6.45) is 4.85. The molecule has 0 aromatic heterocycles. The van der Waals surface area contributed by atoms with Crippen molar-refractivity contribution in [2.24, 2.45) is 5.10 Å². The Balaban J connectivity index is 0.000000924. The van der Waals surface area contributed by atoms with E-state index >= 15 is 0 Å². The van der Waals surface area contributed by atoms with Crippen LogP contribution in [0.25, 0.3) is 5.43 Å². The summed E-state index contributed by atoms with van der Waals surface area (Å²) in [5, 5.41) is 7.70. The summed E-state index contributed by atoms with van der Waals surface area (Å²) in [4.78, 5) is 12.1. The first-order valence-electron chi connectivity index (χ1n) is 7.39. The van der Waals surface area contributed by atoms with Crippen molar-refractivity contribution in [1.29, 1.82) is 0 Å². The molecule has 2 aliphatic rings. The summed E-state index contributed by atoms with van der Waals surface area (Å²) in [5.74, 6) is 0.0388. The first-order chi connectivity index (χ1) is 11.3. The van der Waals surface area contributed by atoms with Crippen molar-refractivity contribution in [2.75, 3.05) is 18.4 Å². The maximum absolute atomic E-state index is 9.95. The van der Waals surface area contributed by atoms with Crippen LogP contribution in [-0.4, -0.2) is 39.5 Å². The minimum atomic E-state index is 0.0388. The number of thiol groups is 1. The standard InChI is InChI=1S/C15H18N4OS.ClH.Cu/c20-14-13(11-7-3-4-8-12(11)16-14)17-18-15(21)19-9-5-1-2-6-10-19;;/h3-4,7-8H,1-2,5-6,9-10H2,(H2,16,17,18,20,21);1H;/q;;+2. The second kappa shape index (κ2) is 9.35. The molecule has 0 atom stereocenters. The topological polar surface area (TPSA) is 63.1 Å². The van der Waals surface area contributed by atoms with Gasteiger partial charge < -0.3 is 10.5 Å². The van der Waals surface area contributed by atoms with Crippen molar-refractivity contribution in [3.05, 3.63) is 35.3 Å². The molecule has 127 valence electrons. The summed E-state index contributed by atoms with van der Waals surface area (Å²) in [6.45, 7) is 1.94. The zero-order valence-electron chi connectivity index (χ0n) is 12.5. The first-order valence-corrected chi connectivity index (χ1v) is 9.13. The summed E-state index contributed by atoms with van der Waals surface area (Å²) in [5.41, 5.74) is 6.36. The van der Waals surface area contributed by atoms with Gasteiger partial charge in [0.05, 0.1) is 5.69 Å². The van der Waals surface area contributed by atoms with Crippen LogP contribution in [0.2, 0.25) is 0 Å². The van der Waals surface area contributed by atoms with E-state index in [4.69, 9.17) is 0 Å². The van der Waals surface area contributed by atoms with Crippen LogP contribution in [-0.2, 0) is 27.3 Å². The maximum atomic E-state index is 9.95. The van der Waals surface area contributed by atoms with Gasteiger partial charge in [0.2, 0.25) is 0 Å². The van der Waals surface area contributed by atoms with Gasteiger partial charge in [0, 0.05) is 18.7 Å². The average molecular weight is 402 g/mol. The molecule has 2 N–H and O–H groups in total. The molecule has 1 aromatic rings. The van der Waals surface area contributed by atoms with Crippen molar-refractivity contribution in [3.8, 4) is 0 Å². The zero-order valence-corrected chi connectivity index (χ0v) is 15.1. The van der Waals surface area contributed by atoms with Crippen LogP contribution >= 0.6 is 10.1 Å². The molecule has 0 radical (unpaired) electrons. The second-order valence-corrected chi connectivity index (χ2v) is 5.67. The van der Waals surface area contributed by atoms with Crippen LogP contribution in [0.1, 0.15) is 31.2 Å². The SMILES string of the molecule is [Cl][Cu+].[OH+]=C1Nc2ccccc2C1=N[N-]C(=[SH+])N1CCCCCC1. The van der Waals surface area contributed by atoms with Gasteiger partial charge in [-0.2, -0.15) is 0 Å². The largest absolute Gasteiger partial charge is 0.514 e.